The van der Waals surface area contributed by atoms with Crippen LogP contribution in [0.15, 0.2) is 55.1 Å². The Balaban J connectivity index is 1.85. The van der Waals surface area contributed by atoms with Crippen molar-refractivity contribution < 1.29 is 4.39 Å². The van der Waals surface area contributed by atoms with Crippen molar-refractivity contribution in [2.24, 2.45) is 0 Å². The van der Waals surface area contributed by atoms with Gasteiger partial charge in [-0.1, -0.05) is 0 Å². The summed E-state index contributed by atoms with van der Waals surface area (Å²) in [5, 5.41) is 2.99. The van der Waals surface area contributed by atoms with E-state index in [1.165, 1.54) is 18.5 Å². The normalized spacial score (nSPS) is 10.4. The summed E-state index contributed by atoms with van der Waals surface area (Å²) in [6.07, 6.45) is 5.11. The van der Waals surface area contributed by atoms with Gasteiger partial charge in [-0.25, -0.2) is 14.4 Å². The van der Waals surface area contributed by atoms with Gasteiger partial charge in [0.05, 0.1) is 0 Å². The van der Waals surface area contributed by atoms with Crippen LogP contribution in [-0.2, 0) is 0 Å². The molecule has 1 N–H and O–H groups in total. The second kappa shape index (κ2) is 4.85. The number of halogens is 1. The molecule has 0 saturated heterocycles. The van der Waals surface area contributed by atoms with Crippen LogP contribution >= 0.6 is 0 Å². The van der Waals surface area contributed by atoms with Crippen molar-refractivity contribution >= 4 is 11.6 Å². The summed E-state index contributed by atoms with van der Waals surface area (Å²) in [5.41, 5.74) is 0.714. The smallest absolute Gasteiger partial charge is 0.238 e. The van der Waals surface area contributed by atoms with Crippen LogP contribution in [0.1, 0.15) is 0 Å². The van der Waals surface area contributed by atoms with E-state index in [-0.39, 0.29) is 5.82 Å². The second-order valence-electron chi connectivity index (χ2n) is 3.83. The summed E-state index contributed by atoms with van der Waals surface area (Å²) < 4.78 is 14.6. The Hall–Kier alpha value is -2.76. The van der Waals surface area contributed by atoms with Crippen molar-refractivity contribution in [3.8, 4) is 5.95 Å². The SMILES string of the molecule is Fc1ccc(Nc2ncnc(-n3cccc3)n2)cc1. The number of hydrogen-bond donors (Lipinski definition) is 1. The van der Waals surface area contributed by atoms with Gasteiger partial charge in [0.15, 0.2) is 0 Å². The Morgan fingerprint density at radius 1 is 1.00 bits per heavy atom. The van der Waals surface area contributed by atoms with E-state index in [0.29, 0.717) is 17.6 Å². The van der Waals surface area contributed by atoms with Crippen molar-refractivity contribution in [2.75, 3.05) is 5.32 Å². The average molecular weight is 255 g/mol. The third kappa shape index (κ3) is 2.57. The lowest BCUT2D eigenvalue weighted by atomic mass is 10.3. The van der Waals surface area contributed by atoms with Gasteiger partial charge in [0.1, 0.15) is 12.1 Å². The van der Waals surface area contributed by atoms with Gasteiger partial charge in [-0.15, -0.1) is 0 Å². The highest BCUT2D eigenvalue weighted by Gasteiger charge is 2.02. The van der Waals surface area contributed by atoms with E-state index in [4.69, 9.17) is 0 Å². The molecule has 94 valence electrons. The molecule has 1 aromatic carbocycles. The molecular formula is C13H10FN5. The third-order valence-electron chi connectivity index (χ3n) is 2.49. The topological polar surface area (TPSA) is 55.6 Å². The molecule has 5 nitrogen and oxygen atoms in total. The fourth-order valence-electron chi connectivity index (χ4n) is 1.60. The highest BCUT2D eigenvalue weighted by atomic mass is 19.1. The standard InChI is InChI=1S/C13H10FN5/c14-10-3-5-11(6-4-10)17-12-15-9-16-13(18-12)19-7-1-2-8-19/h1-9H,(H,15,16,17,18). The Morgan fingerprint density at radius 3 is 2.47 bits per heavy atom. The summed E-state index contributed by atoms with van der Waals surface area (Å²) in [6, 6.07) is 9.75. The van der Waals surface area contributed by atoms with E-state index in [1.54, 1.807) is 16.7 Å². The molecule has 19 heavy (non-hydrogen) atoms. The molecule has 0 fully saturated rings. The monoisotopic (exact) mass is 255 g/mol. The summed E-state index contributed by atoms with van der Waals surface area (Å²) in [6.45, 7) is 0. The van der Waals surface area contributed by atoms with Gasteiger partial charge in [0.2, 0.25) is 11.9 Å². The molecule has 0 atom stereocenters. The van der Waals surface area contributed by atoms with Crippen LogP contribution in [-0.4, -0.2) is 19.5 Å². The van der Waals surface area contributed by atoms with Crippen molar-refractivity contribution in [1.29, 1.82) is 0 Å². The number of rotatable bonds is 3. The van der Waals surface area contributed by atoms with Gasteiger partial charge >= 0.3 is 0 Å². The molecule has 0 unspecified atom stereocenters. The summed E-state index contributed by atoms with van der Waals surface area (Å²) in [4.78, 5) is 12.4. The maximum atomic E-state index is 12.8. The molecule has 6 heteroatoms. The van der Waals surface area contributed by atoms with Crippen molar-refractivity contribution in [1.82, 2.24) is 19.5 Å². The van der Waals surface area contributed by atoms with Crippen molar-refractivity contribution in [3.05, 3.63) is 60.9 Å². The van der Waals surface area contributed by atoms with Crippen molar-refractivity contribution in [2.45, 2.75) is 0 Å². The van der Waals surface area contributed by atoms with Gasteiger partial charge < -0.3 is 5.32 Å². The summed E-state index contributed by atoms with van der Waals surface area (Å²) >= 11 is 0. The highest BCUT2D eigenvalue weighted by Crippen LogP contribution is 2.13. The van der Waals surface area contributed by atoms with Gasteiger partial charge in [-0.2, -0.15) is 4.98 Å². The average Bonchev–Trinajstić information content (AvgIpc) is 2.96. The van der Waals surface area contributed by atoms with Crippen LogP contribution < -0.4 is 5.32 Å². The van der Waals surface area contributed by atoms with E-state index >= 15 is 0 Å². The van der Waals surface area contributed by atoms with E-state index in [2.05, 4.69) is 20.3 Å². The number of nitrogens with one attached hydrogen (secondary N) is 1. The molecule has 0 amide bonds. The number of benzene rings is 1. The number of aromatic nitrogens is 4. The molecule has 0 aliphatic carbocycles. The zero-order chi connectivity index (χ0) is 13.1. The molecule has 3 rings (SSSR count). The summed E-state index contributed by atoms with van der Waals surface area (Å²) in [5.74, 6) is 0.643. The molecule has 0 spiro atoms. The minimum atomic E-state index is -0.283. The first-order chi connectivity index (χ1) is 9.31. The maximum absolute atomic E-state index is 12.8. The predicted molar refractivity (Wildman–Crippen MR) is 68.8 cm³/mol. The molecular weight excluding hydrogens is 245 g/mol. The first-order valence-corrected chi connectivity index (χ1v) is 5.66. The molecule has 0 aliphatic heterocycles. The van der Waals surface area contributed by atoms with Crippen LogP contribution in [0.5, 0.6) is 0 Å². The lowest BCUT2D eigenvalue weighted by Gasteiger charge is -2.06. The Morgan fingerprint density at radius 2 is 1.74 bits per heavy atom. The molecule has 0 saturated carbocycles. The van der Waals surface area contributed by atoms with Crippen LogP contribution in [0, 0.1) is 5.82 Å². The molecule has 0 radical (unpaired) electrons. The molecule has 0 aliphatic rings. The van der Waals surface area contributed by atoms with Crippen LogP contribution in [0.25, 0.3) is 5.95 Å². The minimum Gasteiger partial charge on any atom is -0.324 e. The van der Waals surface area contributed by atoms with E-state index in [0.717, 1.165) is 0 Å². The minimum absolute atomic E-state index is 0.283. The van der Waals surface area contributed by atoms with Gasteiger partial charge in [-0.3, -0.25) is 4.57 Å². The quantitative estimate of drug-likeness (QED) is 0.781. The zero-order valence-corrected chi connectivity index (χ0v) is 9.86. The van der Waals surface area contributed by atoms with Gasteiger partial charge in [0.25, 0.3) is 0 Å². The second-order valence-corrected chi connectivity index (χ2v) is 3.83. The van der Waals surface area contributed by atoms with Gasteiger partial charge in [0, 0.05) is 18.1 Å². The molecule has 2 heterocycles. The largest absolute Gasteiger partial charge is 0.324 e. The number of anilines is 2. The fourth-order valence-corrected chi connectivity index (χ4v) is 1.60. The van der Waals surface area contributed by atoms with Crippen LogP contribution in [0.3, 0.4) is 0 Å². The fraction of sp³-hybridized carbons (Fsp3) is 0. The molecule has 0 bridgehead atoms. The molecule has 2 aromatic heterocycles. The Labute approximate surface area is 108 Å². The maximum Gasteiger partial charge on any atom is 0.238 e. The van der Waals surface area contributed by atoms with E-state index < -0.39 is 0 Å². The molecule has 3 aromatic rings. The summed E-state index contributed by atoms with van der Waals surface area (Å²) in [7, 11) is 0. The lowest BCUT2D eigenvalue weighted by Crippen LogP contribution is -2.03. The zero-order valence-electron chi connectivity index (χ0n) is 9.86. The number of hydrogen-bond acceptors (Lipinski definition) is 4. The first-order valence-electron chi connectivity index (χ1n) is 5.66. The van der Waals surface area contributed by atoms with Crippen molar-refractivity contribution in [3.63, 3.8) is 0 Å². The Kier molecular flexibility index (Phi) is 2.89. The van der Waals surface area contributed by atoms with Crippen LogP contribution in [0.2, 0.25) is 0 Å². The van der Waals surface area contributed by atoms with E-state index in [9.17, 15) is 4.39 Å². The predicted octanol–water partition coefficient (Wildman–Crippen LogP) is 2.54. The lowest BCUT2D eigenvalue weighted by molar-refractivity contribution is 0.628. The third-order valence-corrected chi connectivity index (χ3v) is 2.49. The first kappa shape index (κ1) is 11.3. The van der Waals surface area contributed by atoms with E-state index in [1.807, 2.05) is 24.5 Å². The Bertz CT molecular complexity index is 664. The van der Waals surface area contributed by atoms with Crippen LogP contribution in [0.4, 0.5) is 16.0 Å². The van der Waals surface area contributed by atoms with Gasteiger partial charge in [-0.05, 0) is 36.4 Å². The highest BCUT2D eigenvalue weighted by molar-refractivity contribution is 5.52. The number of nitrogens with zero attached hydrogens (tertiary/aromatic N) is 4.